The highest BCUT2D eigenvalue weighted by atomic mass is 35.5. The van der Waals surface area contributed by atoms with Crippen molar-refractivity contribution in [1.82, 2.24) is 9.97 Å². The average molecular weight is 536 g/mol. The van der Waals surface area contributed by atoms with E-state index in [0.717, 1.165) is 11.3 Å². The fraction of sp³-hybridized carbons (Fsp3) is 0.0769. The standard InChI is InChI=1S/C26H15ClFN3O5S/c1-35-17-7-4-5-12-9-18(36-24(12)17)22(32)20-21(15-6-2-3-8-29-15)31(25(34)23(20)33)26-30-16-10-13(27)14(28)11-19(16)37-26/h2-11,21,33H,1H3. The summed E-state index contributed by atoms with van der Waals surface area (Å²) in [6.45, 7) is 0. The number of halogens is 2. The molecule has 0 aliphatic carbocycles. The van der Waals surface area contributed by atoms with E-state index in [4.69, 9.17) is 20.8 Å². The Morgan fingerprint density at radius 2 is 2.05 bits per heavy atom. The van der Waals surface area contributed by atoms with Gasteiger partial charge in [-0.25, -0.2) is 9.37 Å². The molecular weight excluding hydrogens is 521 g/mol. The predicted octanol–water partition coefficient (Wildman–Crippen LogP) is 6.02. The van der Waals surface area contributed by atoms with E-state index in [1.54, 1.807) is 36.4 Å². The van der Waals surface area contributed by atoms with E-state index in [9.17, 15) is 19.1 Å². The molecule has 11 heteroatoms. The van der Waals surface area contributed by atoms with Crippen LogP contribution in [0.2, 0.25) is 5.02 Å². The van der Waals surface area contributed by atoms with Gasteiger partial charge in [0.2, 0.25) is 5.78 Å². The number of hydrogen-bond acceptors (Lipinski definition) is 8. The number of Topliss-reactive ketones (excluding diaryl/α,β-unsaturated/α-hetero) is 1. The number of methoxy groups -OCH3 is 1. The van der Waals surface area contributed by atoms with Crippen molar-refractivity contribution in [3.05, 3.63) is 94.4 Å². The van der Waals surface area contributed by atoms with Crippen LogP contribution in [-0.4, -0.2) is 33.9 Å². The number of aromatic nitrogens is 2. The molecule has 0 radical (unpaired) electrons. The van der Waals surface area contributed by atoms with Gasteiger partial charge in [-0.2, -0.15) is 0 Å². The van der Waals surface area contributed by atoms with Crippen molar-refractivity contribution in [3.63, 3.8) is 0 Å². The number of ketones is 1. The van der Waals surface area contributed by atoms with Crippen LogP contribution in [0.4, 0.5) is 9.52 Å². The Kier molecular flexibility index (Phi) is 5.43. The number of rotatable bonds is 5. The number of hydrogen-bond donors (Lipinski definition) is 1. The molecular formula is C26H15ClFN3O5S. The maximum Gasteiger partial charge on any atom is 0.296 e. The van der Waals surface area contributed by atoms with Gasteiger partial charge in [0.25, 0.3) is 5.91 Å². The highest BCUT2D eigenvalue weighted by Gasteiger charge is 2.47. The smallest absolute Gasteiger partial charge is 0.296 e. The van der Waals surface area contributed by atoms with Crippen LogP contribution in [0.15, 0.2) is 76.5 Å². The zero-order chi connectivity index (χ0) is 25.8. The first kappa shape index (κ1) is 23.1. The van der Waals surface area contributed by atoms with Crippen LogP contribution >= 0.6 is 22.9 Å². The summed E-state index contributed by atoms with van der Waals surface area (Å²) in [5.41, 5.74) is 0.822. The molecule has 0 saturated carbocycles. The molecule has 8 nitrogen and oxygen atoms in total. The molecule has 0 saturated heterocycles. The van der Waals surface area contributed by atoms with E-state index in [1.807, 2.05) is 0 Å². The normalized spacial score (nSPS) is 15.8. The van der Waals surface area contributed by atoms with Crippen LogP contribution in [0.5, 0.6) is 5.75 Å². The molecule has 1 unspecified atom stereocenters. The third-order valence-corrected chi connectivity index (χ3v) is 7.30. The van der Waals surface area contributed by atoms with Crippen molar-refractivity contribution in [2.24, 2.45) is 0 Å². The minimum absolute atomic E-state index is 0.0882. The van der Waals surface area contributed by atoms with Crippen LogP contribution in [0.25, 0.3) is 21.2 Å². The highest BCUT2D eigenvalue weighted by Crippen LogP contribution is 2.44. The maximum atomic E-state index is 14.1. The zero-order valence-corrected chi connectivity index (χ0v) is 20.5. The number of furan rings is 1. The Labute approximate surface area is 217 Å². The van der Waals surface area contributed by atoms with Crippen molar-refractivity contribution >= 4 is 60.9 Å². The van der Waals surface area contributed by atoms with Gasteiger partial charge in [-0.3, -0.25) is 19.5 Å². The van der Waals surface area contributed by atoms with Crippen molar-refractivity contribution in [2.45, 2.75) is 6.04 Å². The minimum Gasteiger partial charge on any atom is -0.503 e. The third kappa shape index (κ3) is 3.64. The number of aliphatic hydroxyl groups excluding tert-OH is 1. The summed E-state index contributed by atoms with van der Waals surface area (Å²) in [5.74, 6) is -2.59. The Balaban J connectivity index is 1.50. The molecule has 4 heterocycles. The van der Waals surface area contributed by atoms with Gasteiger partial charge in [-0.1, -0.05) is 41.1 Å². The molecule has 1 atom stereocenters. The SMILES string of the molecule is COc1cccc2cc(C(=O)C3=C(O)C(=O)N(c4nc5cc(Cl)c(F)cc5s4)C3c3ccccn3)oc12. The van der Waals surface area contributed by atoms with Gasteiger partial charge in [-0.05, 0) is 36.4 Å². The molecule has 1 aliphatic rings. The van der Waals surface area contributed by atoms with Crippen molar-refractivity contribution in [3.8, 4) is 5.75 Å². The van der Waals surface area contributed by atoms with Gasteiger partial charge in [0.15, 0.2) is 28.0 Å². The summed E-state index contributed by atoms with van der Waals surface area (Å²) in [5, 5.41) is 11.6. The number of anilines is 1. The average Bonchev–Trinajstić information content (AvgIpc) is 3.58. The van der Waals surface area contributed by atoms with Crippen LogP contribution < -0.4 is 9.64 Å². The van der Waals surface area contributed by atoms with Crippen LogP contribution in [0.1, 0.15) is 22.3 Å². The van der Waals surface area contributed by atoms with Crippen molar-refractivity contribution in [2.75, 3.05) is 12.0 Å². The summed E-state index contributed by atoms with van der Waals surface area (Å²) in [4.78, 5) is 37.1. The molecule has 0 fully saturated rings. The van der Waals surface area contributed by atoms with Crippen molar-refractivity contribution < 1.29 is 28.2 Å². The second kappa shape index (κ2) is 8.68. The molecule has 0 bridgehead atoms. The van der Waals surface area contributed by atoms with Crippen LogP contribution in [0, 0.1) is 5.82 Å². The van der Waals surface area contributed by atoms with Gasteiger partial charge < -0.3 is 14.3 Å². The second-order valence-electron chi connectivity index (χ2n) is 8.14. The lowest BCUT2D eigenvalue weighted by molar-refractivity contribution is -0.117. The van der Waals surface area contributed by atoms with Gasteiger partial charge in [0.05, 0.1) is 33.6 Å². The number of fused-ring (bicyclic) bond motifs is 2. The minimum atomic E-state index is -1.11. The Morgan fingerprint density at radius 1 is 1.22 bits per heavy atom. The number of aliphatic hydroxyl groups is 1. The quantitative estimate of drug-likeness (QED) is 0.274. The first-order chi connectivity index (χ1) is 17.9. The van der Waals surface area contributed by atoms with Crippen molar-refractivity contribution in [1.29, 1.82) is 0 Å². The predicted molar refractivity (Wildman–Crippen MR) is 136 cm³/mol. The molecule has 37 heavy (non-hydrogen) atoms. The number of para-hydroxylation sites is 1. The first-order valence-electron chi connectivity index (χ1n) is 10.9. The van der Waals surface area contributed by atoms with E-state index in [2.05, 4.69) is 9.97 Å². The van der Waals surface area contributed by atoms with Gasteiger partial charge in [-0.15, -0.1) is 0 Å². The topological polar surface area (TPSA) is 106 Å². The fourth-order valence-electron chi connectivity index (χ4n) is 4.31. The number of amides is 1. The number of thiazole rings is 1. The molecule has 3 aromatic heterocycles. The van der Waals surface area contributed by atoms with Gasteiger partial charge in [0, 0.05) is 11.6 Å². The van der Waals surface area contributed by atoms with Gasteiger partial charge in [0.1, 0.15) is 11.9 Å². The van der Waals surface area contributed by atoms with E-state index in [1.165, 1.54) is 36.4 Å². The van der Waals surface area contributed by atoms with Crippen LogP contribution in [-0.2, 0) is 4.79 Å². The molecule has 1 aliphatic heterocycles. The molecule has 6 rings (SSSR count). The molecule has 5 aromatic rings. The Morgan fingerprint density at radius 3 is 2.81 bits per heavy atom. The van der Waals surface area contributed by atoms with E-state index < -0.39 is 29.3 Å². The monoisotopic (exact) mass is 535 g/mol. The summed E-state index contributed by atoms with van der Waals surface area (Å²) >= 11 is 6.93. The lowest BCUT2D eigenvalue weighted by Gasteiger charge is -2.23. The number of carbonyl (C=O) groups is 2. The molecule has 0 spiro atoms. The summed E-state index contributed by atoms with van der Waals surface area (Å²) < 4.78 is 25.6. The summed E-state index contributed by atoms with van der Waals surface area (Å²) in [6, 6.07) is 13.2. The molecule has 184 valence electrons. The lowest BCUT2D eigenvalue weighted by Crippen LogP contribution is -2.31. The number of benzene rings is 2. The summed E-state index contributed by atoms with van der Waals surface area (Å²) in [7, 11) is 1.48. The largest absolute Gasteiger partial charge is 0.503 e. The van der Waals surface area contributed by atoms with Crippen LogP contribution in [0.3, 0.4) is 0 Å². The number of pyridine rings is 1. The molecule has 1 amide bonds. The molecule has 2 aromatic carbocycles. The number of nitrogens with zero attached hydrogens (tertiary/aromatic N) is 3. The number of carbonyl (C=O) groups excluding carboxylic acids is 2. The van der Waals surface area contributed by atoms with E-state index in [-0.39, 0.29) is 21.5 Å². The van der Waals surface area contributed by atoms with E-state index >= 15 is 0 Å². The molecule has 1 N–H and O–H groups in total. The summed E-state index contributed by atoms with van der Waals surface area (Å²) in [6.07, 6.45) is 1.51. The maximum absolute atomic E-state index is 14.1. The number of ether oxygens (including phenoxy) is 1. The zero-order valence-electron chi connectivity index (χ0n) is 18.9. The Hall–Kier alpha value is -4.28. The Bertz CT molecular complexity index is 1730. The van der Waals surface area contributed by atoms with E-state index in [0.29, 0.717) is 32.6 Å². The third-order valence-electron chi connectivity index (χ3n) is 6.00. The first-order valence-corrected chi connectivity index (χ1v) is 12.1. The van der Waals surface area contributed by atoms with Gasteiger partial charge >= 0.3 is 0 Å². The highest BCUT2D eigenvalue weighted by molar-refractivity contribution is 7.22. The lowest BCUT2D eigenvalue weighted by atomic mass is 9.98. The fourth-order valence-corrected chi connectivity index (χ4v) is 5.47. The second-order valence-corrected chi connectivity index (χ2v) is 9.56.